The average Bonchev–Trinajstić information content (AvgIpc) is 2.75. The van der Waals surface area contributed by atoms with Gasteiger partial charge in [0.25, 0.3) is 5.97 Å². The minimum Gasteiger partial charge on any atom is -0.331 e. The molecule has 1 aliphatic rings. The van der Waals surface area contributed by atoms with Crippen molar-refractivity contribution in [3.8, 4) is 0 Å². The fourth-order valence-corrected chi connectivity index (χ4v) is 1.95. The minimum absolute atomic E-state index is 0.353. The summed E-state index contributed by atoms with van der Waals surface area (Å²) < 4.78 is 16.1. The van der Waals surface area contributed by atoms with Gasteiger partial charge in [0.2, 0.25) is 0 Å². The third kappa shape index (κ3) is 2.04. The zero-order valence-corrected chi connectivity index (χ0v) is 9.10. The maximum absolute atomic E-state index is 5.56. The van der Waals surface area contributed by atoms with Gasteiger partial charge < -0.3 is 14.2 Å². The smallest absolute Gasteiger partial charge is 0.283 e. The Bertz CT molecular complexity index is 306. The molecule has 0 amide bonds. The SMILES string of the molecule is COC1(OC)CC(c2ccccc2)CO1. The summed E-state index contributed by atoms with van der Waals surface area (Å²) in [5.41, 5.74) is 1.27. The second-order valence-electron chi connectivity index (χ2n) is 3.71. The molecule has 1 aromatic rings. The van der Waals surface area contributed by atoms with Gasteiger partial charge >= 0.3 is 0 Å². The Kier molecular flexibility index (Phi) is 3.05. The van der Waals surface area contributed by atoms with E-state index in [0.29, 0.717) is 12.5 Å². The van der Waals surface area contributed by atoms with Crippen molar-refractivity contribution in [2.45, 2.75) is 18.3 Å². The highest BCUT2D eigenvalue weighted by atomic mass is 16.9. The third-order valence-corrected chi connectivity index (χ3v) is 2.89. The molecule has 2 rings (SSSR count). The second-order valence-corrected chi connectivity index (χ2v) is 3.71. The standard InChI is InChI=1S/C12H16O3/c1-13-12(14-2)8-11(9-15-12)10-6-4-3-5-7-10/h3-7,11H,8-9H2,1-2H3. The van der Waals surface area contributed by atoms with E-state index in [0.717, 1.165) is 6.42 Å². The number of methoxy groups -OCH3 is 2. The Balaban J connectivity index is 2.10. The van der Waals surface area contributed by atoms with Crippen molar-refractivity contribution in [1.29, 1.82) is 0 Å². The van der Waals surface area contributed by atoms with Crippen molar-refractivity contribution >= 4 is 0 Å². The van der Waals surface area contributed by atoms with Gasteiger partial charge in [0.05, 0.1) is 6.61 Å². The molecule has 0 N–H and O–H groups in total. The molecule has 3 heteroatoms. The predicted octanol–water partition coefficient (Wildman–Crippen LogP) is 2.14. The van der Waals surface area contributed by atoms with Crippen molar-refractivity contribution in [3.63, 3.8) is 0 Å². The molecule has 0 saturated carbocycles. The van der Waals surface area contributed by atoms with Crippen LogP contribution in [0.15, 0.2) is 30.3 Å². The fraction of sp³-hybridized carbons (Fsp3) is 0.500. The summed E-state index contributed by atoms with van der Waals surface area (Å²) >= 11 is 0. The van der Waals surface area contributed by atoms with Gasteiger partial charge in [-0.25, -0.2) is 0 Å². The van der Waals surface area contributed by atoms with Crippen molar-refractivity contribution in [3.05, 3.63) is 35.9 Å². The summed E-state index contributed by atoms with van der Waals surface area (Å²) in [6, 6.07) is 10.3. The predicted molar refractivity (Wildman–Crippen MR) is 56.5 cm³/mol. The van der Waals surface area contributed by atoms with E-state index >= 15 is 0 Å². The summed E-state index contributed by atoms with van der Waals surface area (Å²) in [6.45, 7) is 0.645. The lowest BCUT2D eigenvalue weighted by Gasteiger charge is -2.24. The summed E-state index contributed by atoms with van der Waals surface area (Å²) in [4.78, 5) is 0. The molecular formula is C12H16O3. The molecule has 0 aliphatic carbocycles. The first-order chi connectivity index (χ1) is 7.29. The topological polar surface area (TPSA) is 27.7 Å². The van der Waals surface area contributed by atoms with Gasteiger partial charge in [-0.2, -0.15) is 0 Å². The van der Waals surface area contributed by atoms with E-state index in [2.05, 4.69) is 12.1 Å². The van der Waals surface area contributed by atoms with Gasteiger partial charge in [0.15, 0.2) is 0 Å². The molecule has 1 fully saturated rings. The highest BCUT2D eigenvalue weighted by molar-refractivity contribution is 5.20. The van der Waals surface area contributed by atoms with Gasteiger partial charge in [-0.1, -0.05) is 30.3 Å². The van der Waals surface area contributed by atoms with Crippen LogP contribution < -0.4 is 0 Å². The summed E-state index contributed by atoms with van der Waals surface area (Å²) in [5.74, 6) is -0.494. The molecule has 0 radical (unpaired) electrons. The van der Waals surface area contributed by atoms with Crippen LogP contribution in [0.25, 0.3) is 0 Å². The molecular weight excluding hydrogens is 192 g/mol. The van der Waals surface area contributed by atoms with Gasteiger partial charge in [-0.05, 0) is 5.56 Å². The van der Waals surface area contributed by atoms with Crippen LogP contribution >= 0.6 is 0 Å². The summed E-state index contributed by atoms with van der Waals surface area (Å²) in [6.07, 6.45) is 0.740. The van der Waals surface area contributed by atoms with E-state index in [9.17, 15) is 0 Å². The van der Waals surface area contributed by atoms with Crippen LogP contribution in [0, 0.1) is 0 Å². The summed E-state index contributed by atoms with van der Waals surface area (Å²) in [7, 11) is 3.22. The van der Waals surface area contributed by atoms with Crippen LogP contribution in [-0.4, -0.2) is 26.8 Å². The van der Waals surface area contributed by atoms with Crippen LogP contribution in [-0.2, 0) is 14.2 Å². The van der Waals surface area contributed by atoms with Gasteiger partial charge in [-0.3, -0.25) is 0 Å². The monoisotopic (exact) mass is 208 g/mol. The third-order valence-electron chi connectivity index (χ3n) is 2.89. The van der Waals surface area contributed by atoms with Gasteiger partial charge in [0.1, 0.15) is 0 Å². The molecule has 1 unspecified atom stereocenters. The van der Waals surface area contributed by atoms with E-state index in [1.165, 1.54) is 5.56 Å². The van der Waals surface area contributed by atoms with Gasteiger partial charge in [0, 0.05) is 26.6 Å². The van der Waals surface area contributed by atoms with Crippen molar-refractivity contribution in [2.24, 2.45) is 0 Å². The first kappa shape index (κ1) is 10.6. The lowest BCUT2D eigenvalue weighted by atomic mass is 9.98. The molecule has 3 nitrogen and oxygen atoms in total. The Hall–Kier alpha value is -0.900. The maximum atomic E-state index is 5.56. The molecule has 1 aliphatic heterocycles. The normalized spacial score (nSPS) is 24.3. The highest BCUT2D eigenvalue weighted by Gasteiger charge is 2.41. The second kappa shape index (κ2) is 4.31. The molecule has 0 bridgehead atoms. The number of rotatable bonds is 3. The van der Waals surface area contributed by atoms with E-state index < -0.39 is 5.97 Å². The first-order valence-corrected chi connectivity index (χ1v) is 5.09. The number of hydrogen-bond acceptors (Lipinski definition) is 3. The van der Waals surface area contributed by atoms with E-state index in [4.69, 9.17) is 14.2 Å². The zero-order chi connectivity index (χ0) is 10.7. The number of benzene rings is 1. The lowest BCUT2D eigenvalue weighted by Crippen LogP contribution is -2.32. The quantitative estimate of drug-likeness (QED) is 0.712. The molecule has 1 aromatic carbocycles. The molecule has 1 atom stereocenters. The highest BCUT2D eigenvalue weighted by Crippen LogP contribution is 2.37. The van der Waals surface area contributed by atoms with Gasteiger partial charge in [-0.15, -0.1) is 0 Å². The van der Waals surface area contributed by atoms with E-state index in [-0.39, 0.29) is 0 Å². The van der Waals surface area contributed by atoms with Crippen LogP contribution in [0.4, 0.5) is 0 Å². The Morgan fingerprint density at radius 2 is 1.87 bits per heavy atom. The summed E-state index contributed by atoms with van der Waals surface area (Å²) in [5, 5.41) is 0. The molecule has 1 heterocycles. The Morgan fingerprint density at radius 3 is 2.40 bits per heavy atom. The molecule has 15 heavy (non-hydrogen) atoms. The maximum Gasteiger partial charge on any atom is 0.283 e. The molecule has 0 spiro atoms. The van der Waals surface area contributed by atoms with Crippen molar-refractivity contribution < 1.29 is 14.2 Å². The largest absolute Gasteiger partial charge is 0.331 e. The lowest BCUT2D eigenvalue weighted by molar-refractivity contribution is -0.340. The van der Waals surface area contributed by atoms with Crippen LogP contribution in [0.3, 0.4) is 0 Å². The zero-order valence-electron chi connectivity index (χ0n) is 9.10. The Labute approximate surface area is 90.0 Å². The Morgan fingerprint density at radius 1 is 1.20 bits per heavy atom. The average molecular weight is 208 g/mol. The molecule has 0 aromatic heterocycles. The fourth-order valence-electron chi connectivity index (χ4n) is 1.95. The molecule has 82 valence electrons. The molecule has 1 saturated heterocycles. The van der Waals surface area contributed by atoms with Crippen molar-refractivity contribution in [2.75, 3.05) is 20.8 Å². The van der Waals surface area contributed by atoms with E-state index in [1.807, 2.05) is 18.2 Å². The van der Waals surface area contributed by atoms with Crippen molar-refractivity contribution in [1.82, 2.24) is 0 Å². The first-order valence-electron chi connectivity index (χ1n) is 5.09. The minimum atomic E-state index is -0.847. The van der Waals surface area contributed by atoms with E-state index in [1.54, 1.807) is 14.2 Å². The van der Waals surface area contributed by atoms with Crippen LogP contribution in [0.2, 0.25) is 0 Å². The number of ether oxygens (including phenoxy) is 3. The van der Waals surface area contributed by atoms with Crippen LogP contribution in [0.1, 0.15) is 17.9 Å². The van der Waals surface area contributed by atoms with Crippen LogP contribution in [0.5, 0.6) is 0 Å². The number of hydrogen-bond donors (Lipinski definition) is 0.